The van der Waals surface area contributed by atoms with Crippen molar-refractivity contribution in [3.63, 3.8) is 0 Å². The summed E-state index contributed by atoms with van der Waals surface area (Å²) in [6.07, 6.45) is 0. The van der Waals surface area contributed by atoms with Gasteiger partial charge in [-0.3, -0.25) is 0 Å². The molecule has 0 spiro atoms. The molecule has 0 radical (unpaired) electrons. The fourth-order valence-corrected chi connectivity index (χ4v) is 7.32. The number of benzene rings is 8. The van der Waals surface area contributed by atoms with Crippen molar-refractivity contribution in [3.8, 4) is 33.4 Å². The van der Waals surface area contributed by atoms with Gasteiger partial charge in [0.2, 0.25) is 0 Å². The first-order chi connectivity index (χ1) is 21.0. The largest absolute Gasteiger partial charge is 0.0616 e. The molecule has 0 aromatic heterocycles. The van der Waals surface area contributed by atoms with E-state index in [0.717, 1.165) is 0 Å². The molecule has 0 amide bonds. The van der Waals surface area contributed by atoms with E-state index in [-0.39, 0.29) is 5.41 Å². The molecule has 43 heavy (non-hydrogen) atoms. The molecule has 0 saturated carbocycles. The van der Waals surface area contributed by atoms with Crippen molar-refractivity contribution in [3.05, 3.63) is 157 Å². The maximum absolute atomic E-state index is 2.44. The van der Waals surface area contributed by atoms with Gasteiger partial charge in [-0.25, -0.2) is 0 Å². The summed E-state index contributed by atoms with van der Waals surface area (Å²) < 4.78 is 0. The minimum atomic E-state index is -0.0371. The quantitative estimate of drug-likeness (QED) is 0.202. The van der Waals surface area contributed by atoms with Crippen LogP contribution in [0.3, 0.4) is 0 Å². The highest BCUT2D eigenvalue weighted by Gasteiger charge is 2.36. The van der Waals surface area contributed by atoms with E-state index in [1.807, 2.05) is 0 Å². The Morgan fingerprint density at radius 2 is 0.628 bits per heavy atom. The molecular weight excluding hydrogens is 516 g/mol. The summed E-state index contributed by atoms with van der Waals surface area (Å²) in [7, 11) is 0. The topological polar surface area (TPSA) is 0 Å². The van der Waals surface area contributed by atoms with Crippen LogP contribution in [-0.4, -0.2) is 0 Å². The van der Waals surface area contributed by atoms with Crippen LogP contribution in [0.1, 0.15) is 25.0 Å². The third kappa shape index (κ3) is 3.76. The van der Waals surface area contributed by atoms with Gasteiger partial charge in [-0.15, -0.1) is 0 Å². The summed E-state index contributed by atoms with van der Waals surface area (Å²) in [5.41, 5.74) is 10.6. The standard InChI is InChI=1S/C43H30/c1-43(2)41-25-30-10-6-5-9-29(30)23-39(41)40-24-37-18-17-36(22-38(37)26-42(40)43)35-16-15-33-20-32(13-14-34(33)21-35)31-12-11-27-7-3-4-8-28(27)19-31/h3-26H,1-2H3. The highest BCUT2D eigenvalue weighted by atomic mass is 14.4. The van der Waals surface area contributed by atoms with Crippen LogP contribution >= 0.6 is 0 Å². The SMILES string of the molecule is CC1(C)c2cc3ccccc3cc2-c2cc3ccc(-c4ccc5cc(-c6ccc7ccccc7c6)ccc5c4)cc3cc21. The average molecular weight is 547 g/mol. The summed E-state index contributed by atoms with van der Waals surface area (Å²) in [5.74, 6) is 0. The first kappa shape index (κ1) is 24.4. The molecule has 202 valence electrons. The lowest BCUT2D eigenvalue weighted by atomic mass is 9.81. The molecule has 0 heteroatoms. The summed E-state index contributed by atoms with van der Waals surface area (Å²) >= 11 is 0. The molecule has 0 nitrogen and oxygen atoms in total. The van der Waals surface area contributed by atoms with Crippen LogP contribution in [0.2, 0.25) is 0 Å². The Kier molecular flexibility index (Phi) is 5.05. The van der Waals surface area contributed by atoms with Crippen LogP contribution < -0.4 is 0 Å². The second-order valence-electron chi connectivity index (χ2n) is 12.7. The van der Waals surface area contributed by atoms with Crippen LogP contribution in [0.5, 0.6) is 0 Å². The minimum Gasteiger partial charge on any atom is -0.0616 e. The fraction of sp³-hybridized carbons (Fsp3) is 0.0698. The van der Waals surface area contributed by atoms with Gasteiger partial charge in [0.15, 0.2) is 0 Å². The number of fused-ring (bicyclic) bond motifs is 7. The van der Waals surface area contributed by atoms with Crippen molar-refractivity contribution in [1.29, 1.82) is 0 Å². The zero-order valence-electron chi connectivity index (χ0n) is 24.4. The number of hydrogen-bond donors (Lipinski definition) is 0. The van der Waals surface area contributed by atoms with Gasteiger partial charge in [-0.05, 0) is 136 Å². The Bertz CT molecular complexity index is 2420. The lowest BCUT2D eigenvalue weighted by molar-refractivity contribution is 0.662. The van der Waals surface area contributed by atoms with Crippen molar-refractivity contribution < 1.29 is 0 Å². The third-order valence-corrected chi connectivity index (χ3v) is 9.76. The summed E-state index contributed by atoms with van der Waals surface area (Å²) in [6, 6.07) is 54.3. The van der Waals surface area contributed by atoms with Crippen LogP contribution in [0, 0.1) is 0 Å². The first-order valence-electron chi connectivity index (χ1n) is 15.2. The van der Waals surface area contributed by atoms with E-state index in [9.17, 15) is 0 Å². The molecule has 8 aromatic carbocycles. The summed E-state index contributed by atoms with van der Waals surface area (Å²) in [5, 5.41) is 10.3. The van der Waals surface area contributed by atoms with Crippen LogP contribution in [0.25, 0.3) is 76.5 Å². The van der Waals surface area contributed by atoms with Crippen LogP contribution in [-0.2, 0) is 5.41 Å². The van der Waals surface area contributed by atoms with Crippen molar-refractivity contribution in [1.82, 2.24) is 0 Å². The van der Waals surface area contributed by atoms with Gasteiger partial charge in [0, 0.05) is 5.41 Å². The maximum Gasteiger partial charge on any atom is 0.0159 e. The predicted molar refractivity (Wildman–Crippen MR) is 185 cm³/mol. The Hall–Kier alpha value is -5.20. The summed E-state index contributed by atoms with van der Waals surface area (Å²) in [6.45, 7) is 4.75. The minimum absolute atomic E-state index is 0.0371. The monoisotopic (exact) mass is 546 g/mol. The number of rotatable bonds is 2. The zero-order valence-corrected chi connectivity index (χ0v) is 24.4. The molecule has 0 aliphatic heterocycles. The molecule has 0 fully saturated rings. The average Bonchev–Trinajstić information content (AvgIpc) is 3.26. The van der Waals surface area contributed by atoms with E-state index < -0.39 is 0 Å². The smallest absolute Gasteiger partial charge is 0.0159 e. The molecule has 9 rings (SSSR count). The molecule has 1 aliphatic rings. The Morgan fingerprint density at radius 1 is 0.302 bits per heavy atom. The van der Waals surface area contributed by atoms with Crippen molar-refractivity contribution in [2.75, 3.05) is 0 Å². The number of hydrogen-bond acceptors (Lipinski definition) is 0. The third-order valence-electron chi connectivity index (χ3n) is 9.76. The fourth-order valence-electron chi connectivity index (χ4n) is 7.32. The van der Waals surface area contributed by atoms with E-state index in [2.05, 4.69) is 159 Å². The molecule has 1 aliphatic carbocycles. The normalized spacial score (nSPS) is 13.5. The van der Waals surface area contributed by atoms with Gasteiger partial charge >= 0.3 is 0 Å². The van der Waals surface area contributed by atoms with Crippen molar-refractivity contribution in [2.24, 2.45) is 0 Å². The van der Waals surface area contributed by atoms with Crippen molar-refractivity contribution >= 4 is 43.1 Å². The van der Waals surface area contributed by atoms with Crippen LogP contribution in [0.4, 0.5) is 0 Å². The Morgan fingerprint density at radius 3 is 1.14 bits per heavy atom. The second kappa shape index (κ2) is 8.90. The molecule has 0 atom stereocenters. The van der Waals surface area contributed by atoms with Crippen molar-refractivity contribution in [2.45, 2.75) is 19.3 Å². The predicted octanol–water partition coefficient (Wildman–Crippen LogP) is 11.9. The molecule has 0 heterocycles. The molecule has 0 saturated heterocycles. The first-order valence-corrected chi connectivity index (χ1v) is 15.2. The lowest BCUT2D eigenvalue weighted by Crippen LogP contribution is -2.14. The Labute approximate surface area is 251 Å². The Balaban J connectivity index is 1.10. The van der Waals surface area contributed by atoms with E-state index in [4.69, 9.17) is 0 Å². The van der Waals surface area contributed by atoms with Gasteiger partial charge < -0.3 is 0 Å². The van der Waals surface area contributed by atoms with E-state index in [0.29, 0.717) is 0 Å². The molecule has 0 bridgehead atoms. The highest BCUT2D eigenvalue weighted by Crippen LogP contribution is 2.51. The van der Waals surface area contributed by atoms with Gasteiger partial charge in [-0.1, -0.05) is 111 Å². The van der Waals surface area contributed by atoms with E-state index in [1.165, 1.54) is 87.6 Å². The van der Waals surface area contributed by atoms with E-state index >= 15 is 0 Å². The lowest BCUT2D eigenvalue weighted by Gasteiger charge is -2.22. The molecular formula is C43H30. The molecule has 0 unspecified atom stereocenters. The molecule has 0 N–H and O–H groups in total. The van der Waals surface area contributed by atoms with Gasteiger partial charge in [0.25, 0.3) is 0 Å². The van der Waals surface area contributed by atoms with Gasteiger partial charge in [0.1, 0.15) is 0 Å². The zero-order chi connectivity index (χ0) is 28.7. The van der Waals surface area contributed by atoms with Gasteiger partial charge in [0.05, 0.1) is 0 Å². The summed E-state index contributed by atoms with van der Waals surface area (Å²) in [4.78, 5) is 0. The van der Waals surface area contributed by atoms with Gasteiger partial charge in [-0.2, -0.15) is 0 Å². The highest BCUT2D eigenvalue weighted by molar-refractivity contribution is 6.00. The second-order valence-corrected chi connectivity index (χ2v) is 12.7. The van der Waals surface area contributed by atoms with E-state index in [1.54, 1.807) is 0 Å². The van der Waals surface area contributed by atoms with Crippen LogP contribution in [0.15, 0.2) is 146 Å². The molecule has 8 aromatic rings. The maximum atomic E-state index is 2.44.